The Labute approximate surface area is 99.1 Å². The molecule has 0 bridgehead atoms. The molecule has 17 heavy (non-hydrogen) atoms. The Morgan fingerprint density at radius 2 is 2.24 bits per heavy atom. The molecule has 0 fully saturated rings. The van der Waals surface area contributed by atoms with Crippen LogP contribution < -0.4 is 5.32 Å². The van der Waals surface area contributed by atoms with Crippen LogP contribution in [0.4, 0.5) is 5.69 Å². The molecule has 5 heteroatoms. The third-order valence-electron chi connectivity index (χ3n) is 2.59. The minimum atomic E-state index is -0.944. The monoisotopic (exact) mass is 233 g/mol. The lowest BCUT2D eigenvalue weighted by Crippen LogP contribution is -2.09. The van der Waals surface area contributed by atoms with Gasteiger partial charge in [0.15, 0.2) is 0 Å². The maximum Gasteiger partial charge on any atom is 0.352 e. The number of aromatic carboxylic acids is 1. The molecule has 2 aromatic heterocycles. The van der Waals surface area contributed by atoms with Gasteiger partial charge < -0.3 is 15.0 Å². The molecule has 2 heterocycles. The summed E-state index contributed by atoms with van der Waals surface area (Å²) < 4.78 is 1.59. The number of pyridine rings is 1. The van der Waals surface area contributed by atoms with Crippen molar-refractivity contribution in [3.8, 4) is 0 Å². The number of hydrogen-bond acceptors (Lipinski definition) is 3. The van der Waals surface area contributed by atoms with Gasteiger partial charge in [0.2, 0.25) is 0 Å². The summed E-state index contributed by atoms with van der Waals surface area (Å²) in [5.41, 5.74) is 1.83. The van der Waals surface area contributed by atoms with Gasteiger partial charge in [0.25, 0.3) is 0 Å². The molecule has 2 rings (SSSR count). The number of nitrogens with zero attached hydrogens (tertiary/aromatic N) is 2. The number of rotatable bonds is 3. The number of carbonyl (C=O) groups is 1. The highest BCUT2D eigenvalue weighted by atomic mass is 16.4. The second-order valence-electron chi connectivity index (χ2n) is 4.29. The molecule has 0 atom stereocenters. The third kappa shape index (κ3) is 1.95. The Bertz CT molecular complexity index is 572. The Morgan fingerprint density at radius 1 is 1.53 bits per heavy atom. The number of aryl methyl sites for hydroxylation is 1. The van der Waals surface area contributed by atoms with E-state index < -0.39 is 5.97 Å². The summed E-state index contributed by atoms with van der Waals surface area (Å²) in [5.74, 6) is -0.944. The van der Waals surface area contributed by atoms with E-state index in [0.717, 1.165) is 11.1 Å². The molecule has 0 unspecified atom stereocenters. The lowest BCUT2D eigenvalue weighted by molar-refractivity contribution is 0.0687. The first kappa shape index (κ1) is 11.4. The topological polar surface area (TPSA) is 67.2 Å². The minimum absolute atomic E-state index is 0.241. The standard InChI is InChI=1S/C12H15N3O2/c1-7(2)14-9-4-5-13-11-8(9)6-10(12(16)17)15(11)3/h4-7H,1-3H3,(H,13,14)(H,16,17). The molecule has 0 aliphatic carbocycles. The van der Waals surface area contributed by atoms with E-state index in [0.29, 0.717) is 5.65 Å². The molecular formula is C12H15N3O2. The third-order valence-corrected chi connectivity index (χ3v) is 2.59. The Kier molecular flexibility index (Phi) is 2.75. The molecule has 0 spiro atoms. The zero-order valence-electron chi connectivity index (χ0n) is 10.1. The van der Waals surface area contributed by atoms with Gasteiger partial charge in [-0.1, -0.05) is 0 Å². The van der Waals surface area contributed by atoms with Gasteiger partial charge in [-0.15, -0.1) is 0 Å². The maximum absolute atomic E-state index is 11.1. The molecular weight excluding hydrogens is 218 g/mol. The van der Waals surface area contributed by atoms with Gasteiger partial charge in [-0.25, -0.2) is 9.78 Å². The van der Waals surface area contributed by atoms with Crippen LogP contribution in [0.3, 0.4) is 0 Å². The van der Waals surface area contributed by atoms with Crippen LogP contribution in [0.15, 0.2) is 18.3 Å². The number of carboxylic acid groups (broad SMARTS) is 1. The molecule has 0 aliphatic rings. The number of aromatic nitrogens is 2. The molecule has 90 valence electrons. The van der Waals surface area contributed by atoms with Crippen LogP contribution in [0.2, 0.25) is 0 Å². The quantitative estimate of drug-likeness (QED) is 0.851. The Morgan fingerprint density at radius 3 is 2.82 bits per heavy atom. The van der Waals surface area contributed by atoms with Crippen LogP contribution >= 0.6 is 0 Å². The average molecular weight is 233 g/mol. The van der Waals surface area contributed by atoms with E-state index in [1.807, 2.05) is 19.9 Å². The predicted molar refractivity (Wildman–Crippen MR) is 66.4 cm³/mol. The minimum Gasteiger partial charge on any atom is -0.477 e. The van der Waals surface area contributed by atoms with E-state index in [9.17, 15) is 4.79 Å². The molecule has 0 amide bonds. The van der Waals surface area contributed by atoms with E-state index in [1.54, 1.807) is 23.9 Å². The predicted octanol–water partition coefficient (Wildman–Crippen LogP) is 2.09. The Balaban J connectivity index is 2.64. The lowest BCUT2D eigenvalue weighted by atomic mass is 10.2. The molecule has 5 nitrogen and oxygen atoms in total. The van der Waals surface area contributed by atoms with Crippen molar-refractivity contribution in [2.75, 3.05) is 5.32 Å². The SMILES string of the molecule is CC(C)Nc1ccnc2c1cc(C(=O)O)n2C. The van der Waals surface area contributed by atoms with Crippen LogP contribution in [0.1, 0.15) is 24.3 Å². The van der Waals surface area contributed by atoms with Crippen molar-refractivity contribution in [1.29, 1.82) is 0 Å². The summed E-state index contributed by atoms with van der Waals surface area (Å²) in [6.07, 6.45) is 1.68. The highest BCUT2D eigenvalue weighted by Crippen LogP contribution is 2.25. The second kappa shape index (κ2) is 4.08. The number of hydrogen-bond donors (Lipinski definition) is 2. The summed E-state index contributed by atoms with van der Waals surface area (Å²) in [6.45, 7) is 4.07. The average Bonchev–Trinajstić information content (AvgIpc) is 2.57. The van der Waals surface area contributed by atoms with E-state index in [4.69, 9.17) is 5.11 Å². The van der Waals surface area contributed by atoms with Gasteiger partial charge in [-0.05, 0) is 26.0 Å². The van der Waals surface area contributed by atoms with Crippen molar-refractivity contribution in [2.45, 2.75) is 19.9 Å². The number of fused-ring (bicyclic) bond motifs is 1. The molecule has 0 saturated heterocycles. The van der Waals surface area contributed by atoms with Gasteiger partial charge >= 0.3 is 5.97 Å². The fourth-order valence-electron chi connectivity index (χ4n) is 1.86. The summed E-state index contributed by atoms with van der Waals surface area (Å²) in [5, 5.41) is 13.2. The molecule has 0 radical (unpaired) electrons. The second-order valence-corrected chi connectivity index (χ2v) is 4.29. The molecule has 0 saturated carbocycles. The van der Waals surface area contributed by atoms with Crippen LogP contribution in [0.5, 0.6) is 0 Å². The largest absolute Gasteiger partial charge is 0.477 e. The molecule has 0 aromatic carbocycles. The number of nitrogens with one attached hydrogen (secondary N) is 1. The summed E-state index contributed by atoms with van der Waals surface area (Å²) >= 11 is 0. The van der Waals surface area contributed by atoms with Crippen molar-refractivity contribution in [3.05, 3.63) is 24.0 Å². The number of anilines is 1. The molecule has 0 aliphatic heterocycles. The normalized spacial score (nSPS) is 11.1. The van der Waals surface area contributed by atoms with E-state index in [-0.39, 0.29) is 11.7 Å². The highest BCUT2D eigenvalue weighted by molar-refractivity contribution is 5.98. The zero-order valence-corrected chi connectivity index (χ0v) is 10.1. The summed E-state index contributed by atoms with van der Waals surface area (Å²) in [7, 11) is 1.71. The van der Waals surface area contributed by atoms with E-state index in [2.05, 4.69) is 10.3 Å². The zero-order chi connectivity index (χ0) is 12.6. The van der Waals surface area contributed by atoms with Gasteiger partial charge in [0, 0.05) is 30.4 Å². The fraction of sp³-hybridized carbons (Fsp3) is 0.333. The van der Waals surface area contributed by atoms with Crippen LogP contribution in [-0.4, -0.2) is 26.7 Å². The highest BCUT2D eigenvalue weighted by Gasteiger charge is 2.15. The smallest absolute Gasteiger partial charge is 0.352 e. The Hall–Kier alpha value is -2.04. The van der Waals surface area contributed by atoms with Crippen LogP contribution in [0.25, 0.3) is 11.0 Å². The summed E-state index contributed by atoms with van der Waals surface area (Å²) in [6, 6.07) is 3.79. The van der Waals surface area contributed by atoms with Gasteiger partial charge in [0.05, 0.1) is 0 Å². The first-order valence-corrected chi connectivity index (χ1v) is 5.45. The number of carboxylic acids is 1. The fourth-order valence-corrected chi connectivity index (χ4v) is 1.86. The maximum atomic E-state index is 11.1. The first-order chi connectivity index (χ1) is 8.00. The summed E-state index contributed by atoms with van der Waals surface area (Å²) in [4.78, 5) is 15.3. The van der Waals surface area contributed by atoms with Crippen molar-refractivity contribution < 1.29 is 9.90 Å². The van der Waals surface area contributed by atoms with Gasteiger partial charge in [-0.3, -0.25) is 0 Å². The van der Waals surface area contributed by atoms with E-state index >= 15 is 0 Å². The van der Waals surface area contributed by atoms with Crippen molar-refractivity contribution in [2.24, 2.45) is 7.05 Å². The van der Waals surface area contributed by atoms with Crippen LogP contribution in [0, 0.1) is 0 Å². The van der Waals surface area contributed by atoms with Crippen LogP contribution in [-0.2, 0) is 7.05 Å². The molecule has 2 aromatic rings. The van der Waals surface area contributed by atoms with Crippen molar-refractivity contribution >= 4 is 22.7 Å². The molecule has 2 N–H and O–H groups in total. The lowest BCUT2D eigenvalue weighted by Gasteiger charge is -2.10. The van der Waals surface area contributed by atoms with Crippen molar-refractivity contribution in [1.82, 2.24) is 9.55 Å². The van der Waals surface area contributed by atoms with Gasteiger partial charge in [0.1, 0.15) is 11.3 Å². The first-order valence-electron chi connectivity index (χ1n) is 5.45. The van der Waals surface area contributed by atoms with Crippen molar-refractivity contribution in [3.63, 3.8) is 0 Å². The van der Waals surface area contributed by atoms with E-state index in [1.165, 1.54) is 0 Å². The van der Waals surface area contributed by atoms with Gasteiger partial charge in [-0.2, -0.15) is 0 Å².